The van der Waals surface area contributed by atoms with E-state index in [9.17, 15) is 9.90 Å². The maximum atomic E-state index is 11.3. The normalized spacial score (nSPS) is 27.2. The minimum absolute atomic E-state index is 0.185. The third-order valence-electron chi connectivity index (χ3n) is 3.40. The smallest absolute Gasteiger partial charge is 0.311 e. The molecule has 1 atom stereocenters. The Labute approximate surface area is 91.8 Å². The topological polar surface area (TPSA) is 40.5 Å². The molecule has 3 heteroatoms. The minimum Gasteiger partial charge on any atom is -0.481 e. The van der Waals surface area contributed by atoms with Crippen molar-refractivity contribution in [3.63, 3.8) is 0 Å². The summed E-state index contributed by atoms with van der Waals surface area (Å²) in [7, 11) is 0. The van der Waals surface area contributed by atoms with Crippen LogP contribution < -0.4 is 0 Å². The second-order valence-electron chi connectivity index (χ2n) is 5.03. The van der Waals surface area contributed by atoms with Crippen LogP contribution in [-0.2, 0) is 4.79 Å². The van der Waals surface area contributed by atoms with E-state index in [-0.39, 0.29) is 5.92 Å². The van der Waals surface area contributed by atoms with Crippen LogP contribution in [0.5, 0.6) is 0 Å². The van der Waals surface area contributed by atoms with Gasteiger partial charge in [0.25, 0.3) is 0 Å². The molecule has 0 aliphatic carbocycles. The van der Waals surface area contributed by atoms with Crippen LogP contribution in [0.3, 0.4) is 0 Å². The van der Waals surface area contributed by atoms with Crippen LogP contribution in [0.4, 0.5) is 0 Å². The number of aliphatic carboxylic acids is 1. The van der Waals surface area contributed by atoms with Crippen molar-refractivity contribution in [2.75, 3.05) is 19.6 Å². The van der Waals surface area contributed by atoms with Gasteiger partial charge in [0, 0.05) is 13.1 Å². The van der Waals surface area contributed by atoms with Gasteiger partial charge >= 0.3 is 5.97 Å². The molecule has 0 radical (unpaired) electrons. The van der Waals surface area contributed by atoms with E-state index in [0.29, 0.717) is 6.54 Å². The Balaban J connectivity index is 2.72. The predicted molar refractivity (Wildman–Crippen MR) is 60.8 cm³/mol. The van der Waals surface area contributed by atoms with E-state index in [0.717, 1.165) is 25.1 Å². The Morgan fingerprint density at radius 3 is 2.53 bits per heavy atom. The molecule has 1 fully saturated rings. The van der Waals surface area contributed by atoms with Crippen LogP contribution >= 0.6 is 0 Å². The lowest BCUT2D eigenvalue weighted by molar-refractivity contribution is -0.150. The average Bonchev–Trinajstić information content (AvgIpc) is 2.48. The highest BCUT2D eigenvalue weighted by Gasteiger charge is 2.46. The van der Waals surface area contributed by atoms with Gasteiger partial charge in [-0.2, -0.15) is 0 Å². The largest absolute Gasteiger partial charge is 0.481 e. The first-order valence-corrected chi connectivity index (χ1v) is 5.48. The van der Waals surface area contributed by atoms with Crippen molar-refractivity contribution in [1.82, 2.24) is 4.90 Å². The monoisotopic (exact) mass is 211 g/mol. The zero-order valence-electron chi connectivity index (χ0n) is 9.92. The van der Waals surface area contributed by atoms with Crippen molar-refractivity contribution >= 4 is 5.97 Å². The zero-order valence-corrected chi connectivity index (χ0v) is 9.92. The molecule has 3 nitrogen and oxygen atoms in total. The van der Waals surface area contributed by atoms with Gasteiger partial charge in [0.2, 0.25) is 0 Å². The molecule has 1 unspecified atom stereocenters. The van der Waals surface area contributed by atoms with Gasteiger partial charge in [-0.05, 0) is 25.8 Å². The average molecular weight is 211 g/mol. The van der Waals surface area contributed by atoms with Crippen LogP contribution in [0.15, 0.2) is 12.2 Å². The van der Waals surface area contributed by atoms with Crippen LogP contribution in [0.2, 0.25) is 0 Å². The SMILES string of the molecule is C=C(C)CN1CCC(C(=O)O)(C(C)C)C1. The number of carboxylic acids is 1. The molecule has 0 aromatic heterocycles. The van der Waals surface area contributed by atoms with Crippen molar-refractivity contribution in [2.45, 2.75) is 27.2 Å². The summed E-state index contributed by atoms with van der Waals surface area (Å²) < 4.78 is 0. The van der Waals surface area contributed by atoms with Crippen molar-refractivity contribution < 1.29 is 9.90 Å². The molecular formula is C12H21NO2. The van der Waals surface area contributed by atoms with Gasteiger partial charge in [0.05, 0.1) is 5.41 Å². The maximum absolute atomic E-state index is 11.3. The summed E-state index contributed by atoms with van der Waals surface area (Å²) in [5.74, 6) is -0.466. The molecule has 1 heterocycles. The van der Waals surface area contributed by atoms with E-state index in [4.69, 9.17) is 0 Å². The highest BCUT2D eigenvalue weighted by Crippen LogP contribution is 2.38. The molecule has 1 saturated heterocycles. The van der Waals surface area contributed by atoms with Gasteiger partial charge in [-0.25, -0.2) is 0 Å². The minimum atomic E-state index is -0.651. The molecule has 0 amide bonds. The van der Waals surface area contributed by atoms with Crippen molar-refractivity contribution in [3.8, 4) is 0 Å². The van der Waals surface area contributed by atoms with Gasteiger partial charge in [-0.3, -0.25) is 9.69 Å². The van der Waals surface area contributed by atoms with E-state index in [2.05, 4.69) is 11.5 Å². The number of nitrogens with zero attached hydrogens (tertiary/aromatic N) is 1. The van der Waals surface area contributed by atoms with Crippen LogP contribution in [0.1, 0.15) is 27.2 Å². The Kier molecular flexibility index (Phi) is 3.55. The molecule has 86 valence electrons. The lowest BCUT2D eigenvalue weighted by Crippen LogP contribution is -2.39. The van der Waals surface area contributed by atoms with E-state index >= 15 is 0 Å². The lowest BCUT2D eigenvalue weighted by Gasteiger charge is -2.28. The Hall–Kier alpha value is -0.830. The Morgan fingerprint density at radius 1 is 1.60 bits per heavy atom. The number of likely N-dealkylation sites (tertiary alicyclic amines) is 1. The van der Waals surface area contributed by atoms with Gasteiger partial charge in [-0.1, -0.05) is 26.0 Å². The summed E-state index contributed by atoms with van der Waals surface area (Å²) in [6, 6.07) is 0. The third-order valence-corrected chi connectivity index (χ3v) is 3.40. The third kappa shape index (κ3) is 2.40. The Morgan fingerprint density at radius 2 is 2.20 bits per heavy atom. The first-order valence-electron chi connectivity index (χ1n) is 5.48. The van der Waals surface area contributed by atoms with Gasteiger partial charge in [0.1, 0.15) is 0 Å². The summed E-state index contributed by atoms with van der Waals surface area (Å²) in [6.07, 6.45) is 0.757. The summed E-state index contributed by atoms with van der Waals surface area (Å²) in [5, 5.41) is 9.34. The van der Waals surface area contributed by atoms with Gasteiger partial charge in [-0.15, -0.1) is 0 Å². The first-order chi connectivity index (χ1) is 6.88. The summed E-state index contributed by atoms with van der Waals surface area (Å²) in [5.41, 5.74) is 0.551. The van der Waals surface area contributed by atoms with E-state index in [1.807, 2.05) is 20.8 Å². The van der Waals surface area contributed by atoms with Crippen molar-refractivity contribution in [2.24, 2.45) is 11.3 Å². The number of carboxylic acid groups (broad SMARTS) is 1. The zero-order chi connectivity index (χ0) is 11.6. The van der Waals surface area contributed by atoms with Gasteiger partial charge < -0.3 is 5.11 Å². The van der Waals surface area contributed by atoms with Crippen LogP contribution in [-0.4, -0.2) is 35.6 Å². The fourth-order valence-corrected chi connectivity index (χ4v) is 2.32. The van der Waals surface area contributed by atoms with Crippen molar-refractivity contribution in [3.05, 3.63) is 12.2 Å². The predicted octanol–water partition coefficient (Wildman–Crippen LogP) is 2.00. The maximum Gasteiger partial charge on any atom is 0.311 e. The molecular weight excluding hydrogens is 190 g/mol. The lowest BCUT2D eigenvalue weighted by atomic mass is 9.76. The molecule has 0 saturated carbocycles. The fourth-order valence-electron chi connectivity index (χ4n) is 2.32. The summed E-state index contributed by atoms with van der Waals surface area (Å²) >= 11 is 0. The number of hydrogen-bond donors (Lipinski definition) is 1. The highest BCUT2D eigenvalue weighted by atomic mass is 16.4. The van der Waals surface area contributed by atoms with E-state index in [1.54, 1.807) is 0 Å². The molecule has 1 aliphatic rings. The molecule has 1 N–H and O–H groups in total. The highest BCUT2D eigenvalue weighted by molar-refractivity contribution is 5.75. The summed E-state index contributed by atoms with van der Waals surface area (Å²) in [4.78, 5) is 13.5. The van der Waals surface area contributed by atoms with E-state index < -0.39 is 11.4 Å². The summed E-state index contributed by atoms with van der Waals surface area (Å²) in [6.45, 7) is 12.2. The number of rotatable bonds is 4. The molecule has 1 aliphatic heterocycles. The van der Waals surface area contributed by atoms with Crippen LogP contribution in [0.25, 0.3) is 0 Å². The second kappa shape index (κ2) is 4.35. The Bertz CT molecular complexity index is 273. The quantitative estimate of drug-likeness (QED) is 0.723. The fraction of sp³-hybridized carbons (Fsp3) is 0.750. The van der Waals surface area contributed by atoms with Gasteiger partial charge in [0.15, 0.2) is 0 Å². The standard InChI is InChI=1S/C12H21NO2/c1-9(2)7-13-6-5-12(8-13,10(3)4)11(14)15/h10H,1,5-8H2,2-4H3,(H,14,15). The number of carbonyl (C=O) groups is 1. The van der Waals surface area contributed by atoms with Crippen molar-refractivity contribution in [1.29, 1.82) is 0 Å². The molecule has 15 heavy (non-hydrogen) atoms. The first kappa shape index (κ1) is 12.2. The molecule has 0 aromatic rings. The molecule has 0 spiro atoms. The molecule has 0 aromatic carbocycles. The molecule has 1 rings (SSSR count). The second-order valence-corrected chi connectivity index (χ2v) is 5.03. The number of hydrogen-bond acceptors (Lipinski definition) is 2. The van der Waals surface area contributed by atoms with E-state index in [1.165, 1.54) is 0 Å². The molecule has 0 bridgehead atoms. The van der Waals surface area contributed by atoms with Crippen LogP contribution in [0, 0.1) is 11.3 Å².